The minimum Gasteiger partial charge on any atom is -0.469 e. The summed E-state index contributed by atoms with van der Waals surface area (Å²) in [7, 11) is 1.43. The van der Waals surface area contributed by atoms with Crippen LogP contribution in [0.15, 0.2) is 24.3 Å². The molecule has 4 nitrogen and oxygen atoms in total. The van der Waals surface area contributed by atoms with Crippen molar-refractivity contribution in [1.29, 1.82) is 0 Å². The molecule has 0 spiro atoms. The van der Waals surface area contributed by atoms with Crippen LogP contribution in [0, 0.1) is 0 Å². The Labute approximate surface area is 140 Å². The minimum atomic E-state index is -0.157. The van der Waals surface area contributed by atoms with Crippen molar-refractivity contribution >= 4 is 5.97 Å². The fourth-order valence-electron chi connectivity index (χ4n) is 3.26. The zero-order chi connectivity index (χ0) is 17.0. The molecule has 2 N–H and O–H groups in total. The molecule has 4 heteroatoms. The number of methoxy groups -OCH3 is 1. The lowest BCUT2D eigenvalue weighted by molar-refractivity contribution is -0.141. The molecule has 0 amide bonds. The number of rotatable bonds is 4. The molecule has 1 saturated heterocycles. The number of benzene rings is 1. The highest BCUT2D eigenvalue weighted by Gasteiger charge is 2.26. The average Bonchev–Trinajstić information content (AvgIpc) is 2.51. The molecule has 2 unspecified atom stereocenters. The smallest absolute Gasteiger partial charge is 0.306 e. The molecule has 0 saturated carbocycles. The fraction of sp³-hybridized carbons (Fsp3) is 0.632. The second-order valence-electron chi connectivity index (χ2n) is 7.65. The highest BCUT2D eigenvalue weighted by molar-refractivity contribution is 5.69. The normalized spacial score (nSPS) is 22.8. The Morgan fingerprint density at radius 3 is 2.48 bits per heavy atom. The molecule has 1 aliphatic rings. The van der Waals surface area contributed by atoms with Crippen LogP contribution in [-0.4, -0.2) is 43.7 Å². The molecule has 0 aromatic heterocycles. The summed E-state index contributed by atoms with van der Waals surface area (Å²) in [4.78, 5) is 13.6. The van der Waals surface area contributed by atoms with Gasteiger partial charge in [0, 0.05) is 25.7 Å². The summed E-state index contributed by atoms with van der Waals surface area (Å²) in [5, 5.41) is 0. The van der Waals surface area contributed by atoms with Crippen LogP contribution in [0.5, 0.6) is 0 Å². The molecule has 2 rings (SSSR count). The van der Waals surface area contributed by atoms with Gasteiger partial charge in [0.25, 0.3) is 0 Å². The number of hydrogen-bond acceptors (Lipinski definition) is 4. The van der Waals surface area contributed by atoms with E-state index in [-0.39, 0.29) is 17.4 Å². The predicted octanol–water partition coefficient (Wildman–Crippen LogP) is 2.66. The molecule has 1 aromatic carbocycles. The first-order valence-electron chi connectivity index (χ1n) is 8.45. The van der Waals surface area contributed by atoms with E-state index >= 15 is 0 Å². The Hall–Kier alpha value is -1.39. The summed E-state index contributed by atoms with van der Waals surface area (Å²) in [5.74, 6) is 0.278. The molecule has 128 valence electrons. The van der Waals surface area contributed by atoms with Crippen LogP contribution in [0.25, 0.3) is 0 Å². The molecule has 0 bridgehead atoms. The van der Waals surface area contributed by atoms with E-state index in [2.05, 4.69) is 49.9 Å². The van der Waals surface area contributed by atoms with E-state index in [4.69, 9.17) is 10.5 Å². The van der Waals surface area contributed by atoms with Gasteiger partial charge < -0.3 is 15.4 Å². The number of carbonyl (C=O) groups excluding carboxylic acids is 1. The lowest BCUT2D eigenvalue weighted by Gasteiger charge is -2.36. The summed E-state index contributed by atoms with van der Waals surface area (Å²) >= 11 is 0. The van der Waals surface area contributed by atoms with Crippen molar-refractivity contribution in [3.8, 4) is 0 Å². The third-order valence-corrected chi connectivity index (χ3v) is 4.67. The number of hydrogen-bond donors (Lipinski definition) is 1. The van der Waals surface area contributed by atoms with Crippen LogP contribution in [0.2, 0.25) is 0 Å². The Morgan fingerprint density at radius 1 is 1.26 bits per heavy atom. The average molecular weight is 318 g/mol. The quantitative estimate of drug-likeness (QED) is 0.867. The summed E-state index contributed by atoms with van der Waals surface area (Å²) in [6, 6.07) is 9.10. The van der Waals surface area contributed by atoms with E-state index in [9.17, 15) is 4.79 Å². The largest absolute Gasteiger partial charge is 0.469 e. The van der Waals surface area contributed by atoms with Crippen molar-refractivity contribution < 1.29 is 9.53 Å². The minimum absolute atomic E-state index is 0.157. The maximum absolute atomic E-state index is 11.3. The molecule has 0 aliphatic carbocycles. The molecule has 2 atom stereocenters. The van der Waals surface area contributed by atoms with Crippen LogP contribution in [0.3, 0.4) is 0 Å². The van der Waals surface area contributed by atoms with Crippen LogP contribution in [-0.2, 0) is 14.9 Å². The molecular formula is C19H30N2O2. The van der Waals surface area contributed by atoms with Crippen molar-refractivity contribution in [3.63, 3.8) is 0 Å². The summed E-state index contributed by atoms with van der Waals surface area (Å²) in [6.45, 7) is 9.22. The SMILES string of the molecule is COC(=O)CCN1CC(N)CC(c2ccc(C(C)(C)C)cc2)C1. The van der Waals surface area contributed by atoms with Gasteiger partial charge in [-0.2, -0.15) is 0 Å². The second-order valence-corrected chi connectivity index (χ2v) is 7.65. The van der Waals surface area contributed by atoms with Gasteiger partial charge in [0.2, 0.25) is 0 Å². The zero-order valence-electron chi connectivity index (χ0n) is 14.8. The highest BCUT2D eigenvalue weighted by atomic mass is 16.5. The maximum atomic E-state index is 11.3. The van der Waals surface area contributed by atoms with Gasteiger partial charge in [-0.1, -0.05) is 45.0 Å². The zero-order valence-corrected chi connectivity index (χ0v) is 14.8. The number of esters is 1. The van der Waals surface area contributed by atoms with Gasteiger partial charge in [-0.25, -0.2) is 0 Å². The molecule has 1 heterocycles. The lowest BCUT2D eigenvalue weighted by Crippen LogP contribution is -2.46. The van der Waals surface area contributed by atoms with Gasteiger partial charge in [0.05, 0.1) is 13.5 Å². The number of nitrogens with two attached hydrogens (primary N) is 1. The molecule has 1 fully saturated rings. The summed E-state index contributed by atoms with van der Waals surface area (Å²) < 4.78 is 4.73. The van der Waals surface area contributed by atoms with E-state index in [0.717, 1.165) is 26.1 Å². The first-order chi connectivity index (χ1) is 10.8. The second kappa shape index (κ2) is 7.45. The van der Waals surface area contributed by atoms with E-state index in [1.807, 2.05) is 0 Å². The third-order valence-electron chi connectivity index (χ3n) is 4.67. The van der Waals surface area contributed by atoms with Gasteiger partial charge >= 0.3 is 5.97 Å². The Bertz CT molecular complexity index is 519. The molecule has 0 radical (unpaired) electrons. The van der Waals surface area contributed by atoms with E-state index in [0.29, 0.717) is 12.3 Å². The van der Waals surface area contributed by atoms with Crippen molar-refractivity contribution in [1.82, 2.24) is 4.90 Å². The monoisotopic (exact) mass is 318 g/mol. The topological polar surface area (TPSA) is 55.6 Å². The van der Waals surface area contributed by atoms with Crippen LogP contribution < -0.4 is 5.73 Å². The van der Waals surface area contributed by atoms with Crippen molar-refractivity contribution in [2.45, 2.75) is 51.0 Å². The molecule has 1 aromatic rings. The lowest BCUT2D eigenvalue weighted by atomic mass is 9.83. The van der Waals surface area contributed by atoms with E-state index in [1.165, 1.54) is 18.2 Å². The predicted molar refractivity (Wildman–Crippen MR) is 93.5 cm³/mol. The summed E-state index contributed by atoms with van der Waals surface area (Å²) in [5.41, 5.74) is 9.10. The highest BCUT2D eigenvalue weighted by Crippen LogP contribution is 2.29. The number of nitrogens with zero attached hydrogens (tertiary/aromatic N) is 1. The molecule has 23 heavy (non-hydrogen) atoms. The summed E-state index contributed by atoms with van der Waals surface area (Å²) in [6.07, 6.45) is 1.43. The van der Waals surface area contributed by atoms with Crippen molar-refractivity contribution in [2.75, 3.05) is 26.7 Å². The van der Waals surface area contributed by atoms with Gasteiger partial charge in [0.15, 0.2) is 0 Å². The van der Waals surface area contributed by atoms with Crippen LogP contribution in [0.1, 0.15) is 50.7 Å². The Balaban J connectivity index is 2.02. The van der Waals surface area contributed by atoms with Crippen LogP contribution in [0.4, 0.5) is 0 Å². The van der Waals surface area contributed by atoms with Gasteiger partial charge in [-0.05, 0) is 28.9 Å². The molecular weight excluding hydrogens is 288 g/mol. The number of ether oxygens (including phenoxy) is 1. The first-order valence-corrected chi connectivity index (χ1v) is 8.45. The van der Waals surface area contributed by atoms with Crippen molar-refractivity contribution in [3.05, 3.63) is 35.4 Å². The third kappa shape index (κ3) is 5.05. The number of carbonyl (C=O) groups is 1. The number of piperidine rings is 1. The fourth-order valence-corrected chi connectivity index (χ4v) is 3.26. The van der Waals surface area contributed by atoms with Crippen molar-refractivity contribution in [2.24, 2.45) is 5.73 Å². The standard InChI is InChI=1S/C19H30N2O2/c1-19(2,3)16-7-5-14(6-8-16)15-11-17(20)13-21(12-15)10-9-18(22)23-4/h5-8,15,17H,9-13,20H2,1-4H3. The van der Waals surface area contributed by atoms with Crippen LogP contribution >= 0.6 is 0 Å². The number of likely N-dealkylation sites (tertiary alicyclic amines) is 1. The van der Waals surface area contributed by atoms with E-state index < -0.39 is 0 Å². The maximum Gasteiger partial charge on any atom is 0.306 e. The Kier molecular flexibility index (Phi) is 5.82. The van der Waals surface area contributed by atoms with E-state index in [1.54, 1.807) is 0 Å². The first kappa shape index (κ1) is 18.0. The van der Waals surface area contributed by atoms with Gasteiger partial charge in [-0.3, -0.25) is 4.79 Å². The molecule has 1 aliphatic heterocycles. The van der Waals surface area contributed by atoms with Gasteiger partial charge in [-0.15, -0.1) is 0 Å². The Morgan fingerprint density at radius 2 is 1.91 bits per heavy atom. The van der Waals surface area contributed by atoms with Gasteiger partial charge in [0.1, 0.15) is 0 Å².